The Bertz CT molecular complexity index is 2420. The van der Waals surface area contributed by atoms with Gasteiger partial charge in [-0.3, -0.25) is 0 Å². The van der Waals surface area contributed by atoms with Gasteiger partial charge in [-0.2, -0.15) is 0 Å². The third-order valence-electron chi connectivity index (χ3n) is 8.86. The van der Waals surface area contributed by atoms with E-state index in [1.807, 2.05) is 11.3 Å². The third kappa shape index (κ3) is 3.82. The monoisotopic (exact) mass is 562 g/mol. The Labute approximate surface area is 254 Å². The van der Waals surface area contributed by atoms with Gasteiger partial charge < -0.3 is 0 Å². The van der Waals surface area contributed by atoms with Gasteiger partial charge in [0.05, 0.1) is 0 Å². The van der Waals surface area contributed by atoms with Gasteiger partial charge in [-0.1, -0.05) is 146 Å². The van der Waals surface area contributed by atoms with Crippen LogP contribution in [0.15, 0.2) is 158 Å². The van der Waals surface area contributed by atoms with Gasteiger partial charge in [0.25, 0.3) is 0 Å². The maximum Gasteiger partial charge on any atom is 0.0433 e. The minimum absolute atomic E-state index is 1.24. The lowest BCUT2D eigenvalue weighted by molar-refractivity contribution is 1.63. The first kappa shape index (κ1) is 24.4. The van der Waals surface area contributed by atoms with Crippen molar-refractivity contribution < 1.29 is 0 Å². The van der Waals surface area contributed by atoms with Crippen LogP contribution in [0.25, 0.3) is 85.9 Å². The van der Waals surface area contributed by atoms with E-state index < -0.39 is 0 Å². The number of benzene rings is 8. The third-order valence-corrected chi connectivity index (χ3v) is 10.1. The molecular weight excluding hydrogens is 537 g/mol. The van der Waals surface area contributed by atoms with Crippen LogP contribution in [-0.2, 0) is 0 Å². The van der Waals surface area contributed by atoms with Gasteiger partial charge in [-0.05, 0) is 77.8 Å². The molecule has 0 radical (unpaired) electrons. The molecule has 0 aliphatic heterocycles. The highest BCUT2D eigenvalue weighted by Crippen LogP contribution is 2.44. The van der Waals surface area contributed by atoms with Crippen molar-refractivity contribution in [1.82, 2.24) is 0 Å². The normalized spacial score (nSPS) is 11.7. The molecule has 0 bridgehead atoms. The van der Waals surface area contributed by atoms with E-state index in [4.69, 9.17) is 0 Å². The van der Waals surface area contributed by atoms with Crippen LogP contribution in [0.2, 0.25) is 0 Å². The van der Waals surface area contributed by atoms with Crippen LogP contribution in [0, 0.1) is 0 Å². The number of rotatable bonds is 3. The molecule has 200 valence electrons. The predicted molar refractivity (Wildman–Crippen MR) is 188 cm³/mol. The van der Waals surface area contributed by atoms with Crippen LogP contribution >= 0.6 is 11.3 Å². The van der Waals surface area contributed by atoms with Crippen LogP contribution in [0.3, 0.4) is 0 Å². The summed E-state index contributed by atoms with van der Waals surface area (Å²) >= 11 is 1.90. The average Bonchev–Trinajstić information content (AvgIpc) is 3.46. The minimum atomic E-state index is 1.24. The minimum Gasteiger partial charge on any atom is -0.135 e. The quantitative estimate of drug-likeness (QED) is 0.188. The second-order valence-corrected chi connectivity index (χ2v) is 12.3. The Morgan fingerprint density at radius 1 is 0.302 bits per heavy atom. The van der Waals surface area contributed by atoms with Gasteiger partial charge in [-0.25, -0.2) is 0 Å². The molecule has 0 unspecified atom stereocenters. The molecule has 8 aromatic carbocycles. The molecule has 0 atom stereocenters. The first-order chi connectivity index (χ1) is 21.3. The molecule has 1 heteroatoms. The lowest BCUT2D eigenvalue weighted by Crippen LogP contribution is -1.90. The largest absolute Gasteiger partial charge is 0.135 e. The van der Waals surface area contributed by atoms with Gasteiger partial charge in [0.15, 0.2) is 0 Å². The van der Waals surface area contributed by atoms with Crippen LogP contribution in [0.5, 0.6) is 0 Å². The first-order valence-electron chi connectivity index (χ1n) is 14.8. The van der Waals surface area contributed by atoms with Gasteiger partial charge in [0.2, 0.25) is 0 Å². The Hall–Kier alpha value is -5.24. The maximum atomic E-state index is 2.37. The van der Waals surface area contributed by atoms with E-state index in [1.54, 1.807) is 0 Å². The highest BCUT2D eigenvalue weighted by molar-refractivity contribution is 7.26. The SMILES string of the molecule is c1ccc(-c2c3ccccc3c(-c3ccc(-c4ccc5sc6c7ccccc7ccc6c5c4)cc3)c3ccccc23)cc1. The summed E-state index contributed by atoms with van der Waals surface area (Å²) in [7, 11) is 0. The highest BCUT2D eigenvalue weighted by Gasteiger charge is 2.16. The molecule has 1 heterocycles. The molecule has 9 aromatic rings. The number of thiophene rings is 1. The van der Waals surface area contributed by atoms with E-state index in [1.165, 1.54) is 85.9 Å². The van der Waals surface area contributed by atoms with E-state index >= 15 is 0 Å². The lowest BCUT2D eigenvalue weighted by atomic mass is 9.86. The summed E-state index contributed by atoms with van der Waals surface area (Å²) in [6, 6.07) is 57.9. The fourth-order valence-electron chi connectivity index (χ4n) is 6.87. The van der Waals surface area contributed by atoms with E-state index in [-0.39, 0.29) is 0 Å². The molecule has 43 heavy (non-hydrogen) atoms. The molecule has 0 spiro atoms. The molecule has 0 saturated heterocycles. The summed E-state index contributed by atoms with van der Waals surface area (Å²) in [5.41, 5.74) is 7.58. The second-order valence-electron chi connectivity index (χ2n) is 11.3. The molecule has 1 aromatic heterocycles. The van der Waals surface area contributed by atoms with Crippen molar-refractivity contribution in [3.05, 3.63) is 158 Å². The topological polar surface area (TPSA) is 0 Å². The average molecular weight is 563 g/mol. The zero-order chi connectivity index (χ0) is 28.3. The molecule has 9 rings (SSSR count). The zero-order valence-electron chi connectivity index (χ0n) is 23.4. The van der Waals surface area contributed by atoms with Crippen LogP contribution in [0.4, 0.5) is 0 Å². The number of fused-ring (bicyclic) bond motifs is 7. The van der Waals surface area contributed by atoms with Gasteiger partial charge in [0, 0.05) is 20.2 Å². The smallest absolute Gasteiger partial charge is 0.0433 e. The van der Waals surface area contributed by atoms with Crippen molar-refractivity contribution in [2.45, 2.75) is 0 Å². The molecule has 0 aliphatic carbocycles. The molecule has 0 fully saturated rings. The number of hydrogen-bond acceptors (Lipinski definition) is 1. The van der Waals surface area contributed by atoms with E-state index in [0.29, 0.717) is 0 Å². The summed E-state index contributed by atoms with van der Waals surface area (Å²) < 4.78 is 2.71. The summed E-state index contributed by atoms with van der Waals surface area (Å²) in [4.78, 5) is 0. The van der Waals surface area contributed by atoms with E-state index in [0.717, 1.165) is 0 Å². The second kappa shape index (κ2) is 9.66. The van der Waals surface area contributed by atoms with E-state index in [2.05, 4.69) is 158 Å². The predicted octanol–water partition coefficient (Wildman–Crippen LogP) is 12.5. The standard InChI is InChI=1S/C42H26S/c1-2-11-29(12-3-1)40-33-14-6-8-16-35(33)41(36-17-9-7-15-34(36)40)30-20-18-27(19-21-30)31-23-25-39-38(26-31)37-24-22-28-10-4-5-13-32(28)42(37)43-39/h1-26H. The zero-order valence-corrected chi connectivity index (χ0v) is 24.2. The molecule has 0 N–H and O–H groups in total. The van der Waals surface area contributed by atoms with Crippen LogP contribution in [0.1, 0.15) is 0 Å². The Morgan fingerprint density at radius 2 is 0.814 bits per heavy atom. The van der Waals surface area contributed by atoms with Crippen LogP contribution < -0.4 is 0 Å². The molecule has 0 nitrogen and oxygen atoms in total. The molecule has 0 saturated carbocycles. The first-order valence-corrected chi connectivity index (χ1v) is 15.6. The fraction of sp³-hybridized carbons (Fsp3) is 0. The maximum absolute atomic E-state index is 2.37. The summed E-state index contributed by atoms with van der Waals surface area (Å²) in [6.45, 7) is 0. The Kier molecular flexibility index (Phi) is 5.47. The van der Waals surface area contributed by atoms with Crippen molar-refractivity contribution >= 4 is 63.8 Å². The van der Waals surface area contributed by atoms with Crippen molar-refractivity contribution in [1.29, 1.82) is 0 Å². The van der Waals surface area contributed by atoms with Crippen molar-refractivity contribution in [2.24, 2.45) is 0 Å². The van der Waals surface area contributed by atoms with Crippen molar-refractivity contribution in [2.75, 3.05) is 0 Å². The van der Waals surface area contributed by atoms with Gasteiger partial charge in [0.1, 0.15) is 0 Å². The summed E-state index contributed by atoms with van der Waals surface area (Å²) in [5.74, 6) is 0. The lowest BCUT2D eigenvalue weighted by Gasteiger charge is -2.18. The van der Waals surface area contributed by atoms with Crippen molar-refractivity contribution in [3.8, 4) is 33.4 Å². The Morgan fingerprint density at radius 3 is 1.47 bits per heavy atom. The van der Waals surface area contributed by atoms with Crippen molar-refractivity contribution in [3.63, 3.8) is 0 Å². The summed E-state index contributed by atoms with van der Waals surface area (Å²) in [6.07, 6.45) is 0. The highest BCUT2D eigenvalue weighted by atomic mass is 32.1. The molecular formula is C42H26S. The van der Waals surface area contributed by atoms with Gasteiger partial charge >= 0.3 is 0 Å². The van der Waals surface area contributed by atoms with E-state index in [9.17, 15) is 0 Å². The molecule has 0 aliphatic rings. The molecule has 0 amide bonds. The fourth-order valence-corrected chi connectivity index (χ4v) is 8.09. The van der Waals surface area contributed by atoms with Gasteiger partial charge in [-0.15, -0.1) is 11.3 Å². The summed E-state index contributed by atoms with van der Waals surface area (Å²) in [5, 5.41) is 10.5. The number of hydrogen-bond donors (Lipinski definition) is 0. The Balaban J connectivity index is 1.20. The van der Waals surface area contributed by atoms with Crippen LogP contribution in [-0.4, -0.2) is 0 Å².